The Morgan fingerprint density at radius 2 is 2.00 bits per heavy atom. The van der Waals surface area contributed by atoms with Crippen LogP contribution in [-0.4, -0.2) is 23.2 Å². The molecule has 0 unspecified atom stereocenters. The van der Waals surface area contributed by atoms with E-state index in [4.69, 9.17) is 0 Å². The molecule has 2 aromatic carbocycles. The van der Waals surface area contributed by atoms with Gasteiger partial charge < -0.3 is 9.88 Å². The van der Waals surface area contributed by atoms with Crippen molar-refractivity contribution in [2.75, 3.05) is 11.4 Å². The lowest BCUT2D eigenvalue weighted by Crippen LogP contribution is -2.39. The number of halogens is 1. The molecule has 0 aliphatic carbocycles. The number of nitrogens with zero attached hydrogens (tertiary/aromatic N) is 1. The first-order valence-electron chi connectivity index (χ1n) is 7.81. The smallest absolute Gasteiger partial charge is 0.227 e. The van der Waals surface area contributed by atoms with E-state index < -0.39 is 0 Å². The van der Waals surface area contributed by atoms with Crippen molar-refractivity contribution in [1.29, 1.82) is 0 Å². The maximum Gasteiger partial charge on any atom is 0.227 e. The largest absolute Gasteiger partial charge is 0.360 e. The van der Waals surface area contributed by atoms with Crippen molar-refractivity contribution in [2.45, 2.75) is 12.8 Å². The highest BCUT2D eigenvalue weighted by molar-refractivity contribution is 9.10. The Bertz CT molecular complexity index is 961. The number of fused-ring (bicyclic) bond motifs is 2. The lowest BCUT2D eigenvalue weighted by atomic mass is 10.00. The van der Waals surface area contributed by atoms with Gasteiger partial charge in [0.1, 0.15) is 0 Å². The molecule has 5 heteroatoms. The van der Waals surface area contributed by atoms with Crippen molar-refractivity contribution in [3.63, 3.8) is 0 Å². The van der Waals surface area contributed by atoms with E-state index in [1.165, 1.54) is 0 Å². The fourth-order valence-corrected chi connectivity index (χ4v) is 3.64. The average molecular weight is 383 g/mol. The number of Topliss-reactive ketones (excluding diaryl/α,β-unsaturated/α-hetero) is 1. The number of hydrogen-bond acceptors (Lipinski definition) is 2. The van der Waals surface area contributed by atoms with E-state index in [-0.39, 0.29) is 18.2 Å². The zero-order valence-electron chi connectivity index (χ0n) is 12.9. The number of aromatic nitrogens is 1. The van der Waals surface area contributed by atoms with Crippen molar-refractivity contribution in [3.8, 4) is 0 Å². The number of ketones is 1. The molecule has 2 heterocycles. The van der Waals surface area contributed by atoms with E-state index in [0.29, 0.717) is 18.4 Å². The molecule has 0 radical (unpaired) electrons. The first-order chi connectivity index (χ1) is 11.6. The van der Waals surface area contributed by atoms with E-state index >= 15 is 0 Å². The van der Waals surface area contributed by atoms with E-state index in [1.54, 1.807) is 11.1 Å². The molecular formula is C19H15BrN2O2. The van der Waals surface area contributed by atoms with Crippen LogP contribution in [0.2, 0.25) is 0 Å². The van der Waals surface area contributed by atoms with Gasteiger partial charge in [-0.2, -0.15) is 0 Å². The lowest BCUT2D eigenvalue weighted by molar-refractivity contribution is -0.118. The van der Waals surface area contributed by atoms with E-state index in [2.05, 4.69) is 20.9 Å². The summed E-state index contributed by atoms with van der Waals surface area (Å²) in [4.78, 5) is 29.9. The van der Waals surface area contributed by atoms with Crippen molar-refractivity contribution >= 4 is 44.2 Å². The molecule has 0 atom stereocenters. The van der Waals surface area contributed by atoms with Crippen LogP contribution in [0.15, 0.2) is 53.1 Å². The number of carbonyl (C=O) groups is 2. The Labute approximate surface area is 147 Å². The summed E-state index contributed by atoms with van der Waals surface area (Å²) in [6.07, 6.45) is 2.87. The number of aromatic amines is 1. The molecule has 0 saturated carbocycles. The van der Waals surface area contributed by atoms with Gasteiger partial charge in [0, 0.05) is 39.2 Å². The molecule has 1 aliphatic rings. The third-order valence-corrected chi connectivity index (χ3v) is 4.93. The van der Waals surface area contributed by atoms with Crippen LogP contribution in [0.5, 0.6) is 0 Å². The Morgan fingerprint density at radius 3 is 2.88 bits per heavy atom. The number of nitrogens with one attached hydrogen (secondary N) is 1. The van der Waals surface area contributed by atoms with Crippen LogP contribution in [0.3, 0.4) is 0 Å². The second-order valence-corrected chi connectivity index (χ2v) is 6.84. The number of aryl methyl sites for hydroxylation is 1. The standard InChI is InChI=1S/C19H15BrN2O2/c20-13-6-7-17-12(9-13)5-8-19(24)22(17)11-18(23)15-10-21-16-4-2-1-3-14(15)16/h1-4,6-7,9-10,21H,5,8,11H2. The molecule has 3 aromatic rings. The van der Waals surface area contributed by atoms with Crippen LogP contribution in [0.1, 0.15) is 22.3 Å². The molecular weight excluding hydrogens is 368 g/mol. The molecule has 1 N–H and O–H groups in total. The van der Waals surface area contributed by atoms with Gasteiger partial charge in [-0.05, 0) is 36.2 Å². The highest BCUT2D eigenvalue weighted by Crippen LogP contribution is 2.31. The maximum atomic E-state index is 12.8. The zero-order chi connectivity index (χ0) is 16.7. The zero-order valence-corrected chi connectivity index (χ0v) is 14.5. The SMILES string of the molecule is O=C(CN1C(=O)CCc2cc(Br)ccc21)c1c[nH]c2ccccc12. The van der Waals surface area contributed by atoms with Crippen LogP contribution < -0.4 is 4.90 Å². The molecule has 0 saturated heterocycles. The minimum Gasteiger partial charge on any atom is -0.360 e. The van der Waals surface area contributed by atoms with Gasteiger partial charge in [0.2, 0.25) is 5.91 Å². The number of hydrogen-bond donors (Lipinski definition) is 1. The van der Waals surface area contributed by atoms with Gasteiger partial charge in [-0.3, -0.25) is 9.59 Å². The van der Waals surface area contributed by atoms with E-state index in [0.717, 1.165) is 26.6 Å². The van der Waals surface area contributed by atoms with Crippen LogP contribution in [0.25, 0.3) is 10.9 Å². The maximum absolute atomic E-state index is 12.8. The number of amides is 1. The second-order valence-electron chi connectivity index (χ2n) is 5.92. The van der Waals surface area contributed by atoms with Crippen LogP contribution in [-0.2, 0) is 11.2 Å². The molecule has 1 aromatic heterocycles. The third kappa shape index (κ3) is 2.55. The Morgan fingerprint density at radius 1 is 1.17 bits per heavy atom. The summed E-state index contributed by atoms with van der Waals surface area (Å²) in [5.41, 5.74) is 3.48. The monoisotopic (exact) mass is 382 g/mol. The normalized spacial score (nSPS) is 14.0. The molecule has 4 nitrogen and oxygen atoms in total. The first-order valence-corrected chi connectivity index (χ1v) is 8.61. The highest BCUT2D eigenvalue weighted by atomic mass is 79.9. The summed E-state index contributed by atoms with van der Waals surface area (Å²) in [6, 6.07) is 13.5. The quantitative estimate of drug-likeness (QED) is 0.693. The fourth-order valence-electron chi connectivity index (χ4n) is 3.23. The minimum atomic E-state index is -0.0587. The topological polar surface area (TPSA) is 53.2 Å². The number of para-hydroxylation sites is 1. The molecule has 4 rings (SSSR count). The van der Waals surface area contributed by atoms with Crippen molar-refractivity contribution in [2.24, 2.45) is 0 Å². The Hall–Kier alpha value is -2.40. The van der Waals surface area contributed by atoms with Gasteiger partial charge in [0.05, 0.1) is 6.54 Å². The van der Waals surface area contributed by atoms with Gasteiger partial charge in [0.25, 0.3) is 0 Å². The van der Waals surface area contributed by atoms with E-state index in [1.807, 2.05) is 42.5 Å². The van der Waals surface area contributed by atoms with Crippen molar-refractivity contribution in [1.82, 2.24) is 4.98 Å². The molecule has 1 aliphatic heterocycles. The van der Waals surface area contributed by atoms with Crippen molar-refractivity contribution < 1.29 is 9.59 Å². The van der Waals surface area contributed by atoms with Crippen LogP contribution in [0.4, 0.5) is 5.69 Å². The summed E-state index contributed by atoms with van der Waals surface area (Å²) < 4.78 is 0.985. The van der Waals surface area contributed by atoms with Crippen LogP contribution >= 0.6 is 15.9 Å². The third-order valence-electron chi connectivity index (χ3n) is 4.43. The minimum absolute atomic E-state index is 0.00184. The van der Waals surface area contributed by atoms with Crippen molar-refractivity contribution in [3.05, 3.63) is 64.3 Å². The van der Waals surface area contributed by atoms with E-state index in [9.17, 15) is 9.59 Å². The van der Waals surface area contributed by atoms with Gasteiger partial charge in [-0.15, -0.1) is 0 Å². The summed E-state index contributed by atoms with van der Waals surface area (Å²) in [7, 11) is 0. The number of rotatable bonds is 3. The number of anilines is 1. The number of benzene rings is 2. The number of H-pyrrole nitrogens is 1. The first kappa shape index (κ1) is 15.1. The predicted molar refractivity (Wildman–Crippen MR) is 97.4 cm³/mol. The van der Waals surface area contributed by atoms with Gasteiger partial charge in [-0.25, -0.2) is 0 Å². The second kappa shape index (κ2) is 5.91. The molecule has 0 spiro atoms. The van der Waals surface area contributed by atoms with Gasteiger partial charge in [0.15, 0.2) is 5.78 Å². The fraction of sp³-hybridized carbons (Fsp3) is 0.158. The average Bonchev–Trinajstić information content (AvgIpc) is 3.01. The van der Waals surface area contributed by atoms with Crippen LogP contribution in [0, 0.1) is 0 Å². The summed E-state index contributed by atoms with van der Waals surface area (Å²) >= 11 is 3.46. The summed E-state index contributed by atoms with van der Waals surface area (Å²) in [5, 5.41) is 0.892. The molecule has 24 heavy (non-hydrogen) atoms. The van der Waals surface area contributed by atoms with Gasteiger partial charge >= 0.3 is 0 Å². The highest BCUT2D eigenvalue weighted by Gasteiger charge is 2.27. The number of carbonyl (C=O) groups excluding carboxylic acids is 2. The molecule has 0 fully saturated rings. The molecule has 0 bridgehead atoms. The summed E-state index contributed by atoms with van der Waals surface area (Å²) in [5.74, 6) is -0.0606. The lowest BCUT2D eigenvalue weighted by Gasteiger charge is -2.29. The predicted octanol–water partition coefficient (Wildman–Crippen LogP) is 4.09. The molecule has 120 valence electrons. The molecule has 1 amide bonds. The summed E-state index contributed by atoms with van der Waals surface area (Å²) in [6.45, 7) is 0.0648. The van der Waals surface area contributed by atoms with Gasteiger partial charge in [-0.1, -0.05) is 34.1 Å². The Kier molecular flexibility index (Phi) is 3.73. The Balaban J connectivity index is 1.68.